The minimum Gasteiger partial charge on any atom is -0.360 e. The maximum Gasteiger partial charge on any atom is 0.324 e. The van der Waals surface area contributed by atoms with E-state index in [0.29, 0.717) is 17.9 Å². The number of hydrogen-bond donors (Lipinski definition) is 2. The van der Waals surface area contributed by atoms with Crippen LogP contribution in [0.1, 0.15) is 0 Å². The van der Waals surface area contributed by atoms with Crippen LogP contribution in [0.2, 0.25) is 25.7 Å². The molecule has 0 aliphatic carbocycles. The van der Waals surface area contributed by atoms with Crippen molar-refractivity contribution in [2.45, 2.75) is 32.4 Å². The van der Waals surface area contributed by atoms with Gasteiger partial charge >= 0.3 is 6.03 Å². The SMILES string of the molecule is C[Si](C)(C)CCOCn1nc(NC(=O)Nc2ccccc2)c2cc(-c3ccccc3)c(F)c(F)c21. The Balaban J connectivity index is 1.70. The van der Waals surface area contributed by atoms with Crippen molar-refractivity contribution in [2.24, 2.45) is 0 Å². The van der Waals surface area contributed by atoms with Gasteiger partial charge < -0.3 is 10.1 Å². The van der Waals surface area contributed by atoms with E-state index in [-0.39, 0.29) is 29.0 Å². The van der Waals surface area contributed by atoms with Gasteiger partial charge in [-0.05, 0) is 29.8 Å². The standard InChI is InChI=1S/C26H28F2N4O2Si/c1-35(2,3)15-14-34-17-32-24-21(16-20(22(27)23(24)28)18-10-6-4-7-11-18)25(31-32)30-26(33)29-19-12-8-5-9-13-19/h4-13,16H,14-15,17H2,1-3H3,(H2,29,30,31,33). The molecular weight excluding hydrogens is 466 g/mol. The van der Waals surface area contributed by atoms with Crippen LogP contribution < -0.4 is 10.6 Å². The lowest BCUT2D eigenvalue weighted by molar-refractivity contribution is 0.0814. The number of carbonyl (C=O) groups excluding carboxylic acids is 1. The molecule has 0 fully saturated rings. The minimum absolute atomic E-state index is 0.0646. The Hall–Kier alpha value is -3.56. The molecule has 4 rings (SSSR count). The quantitative estimate of drug-likeness (QED) is 0.206. The molecule has 35 heavy (non-hydrogen) atoms. The summed E-state index contributed by atoms with van der Waals surface area (Å²) in [6, 6.07) is 19.5. The van der Waals surface area contributed by atoms with Crippen LogP contribution >= 0.6 is 0 Å². The molecule has 1 heterocycles. The Morgan fingerprint density at radius 2 is 1.63 bits per heavy atom. The first-order valence-electron chi connectivity index (χ1n) is 11.4. The monoisotopic (exact) mass is 494 g/mol. The number of ether oxygens (including phenoxy) is 1. The molecule has 6 nitrogen and oxygen atoms in total. The number of anilines is 2. The van der Waals surface area contributed by atoms with Gasteiger partial charge in [0.1, 0.15) is 12.2 Å². The van der Waals surface area contributed by atoms with E-state index in [0.717, 1.165) is 6.04 Å². The first kappa shape index (κ1) is 24.6. The number of halogens is 2. The van der Waals surface area contributed by atoms with Crippen molar-refractivity contribution in [3.8, 4) is 11.1 Å². The van der Waals surface area contributed by atoms with Gasteiger partial charge in [-0.25, -0.2) is 18.3 Å². The van der Waals surface area contributed by atoms with Crippen LogP contribution in [0.4, 0.5) is 25.1 Å². The number of aromatic nitrogens is 2. The van der Waals surface area contributed by atoms with Crippen molar-refractivity contribution in [1.29, 1.82) is 0 Å². The van der Waals surface area contributed by atoms with Gasteiger partial charge in [-0.3, -0.25) is 5.32 Å². The number of para-hydroxylation sites is 1. The number of carbonyl (C=O) groups is 1. The van der Waals surface area contributed by atoms with Crippen LogP contribution in [0.3, 0.4) is 0 Å². The largest absolute Gasteiger partial charge is 0.360 e. The highest BCUT2D eigenvalue weighted by Crippen LogP contribution is 2.34. The van der Waals surface area contributed by atoms with E-state index >= 15 is 8.78 Å². The van der Waals surface area contributed by atoms with Crippen LogP contribution in [-0.2, 0) is 11.5 Å². The van der Waals surface area contributed by atoms with Gasteiger partial charge in [0.15, 0.2) is 17.5 Å². The van der Waals surface area contributed by atoms with Crippen LogP contribution in [0.25, 0.3) is 22.0 Å². The zero-order chi connectivity index (χ0) is 25.0. The van der Waals surface area contributed by atoms with Crippen molar-refractivity contribution < 1.29 is 18.3 Å². The molecule has 0 atom stereocenters. The van der Waals surface area contributed by atoms with E-state index in [1.165, 1.54) is 10.7 Å². The van der Waals surface area contributed by atoms with E-state index < -0.39 is 25.7 Å². The Morgan fingerprint density at radius 3 is 2.29 bits per heavy atom. The molecule has 0 aliphatic heterocycles. The average Bonchev–Trinajstić information content (AvgIpc) is 3.16. The van der Waals surface area contributed by atoms with E-state index in [2.05, 4.69) is 35.4 Å². The predicted molar refractivity (Wildman–Crippen MR) is 138 cm³/mol. The van der Waals surface area contributed by atoms with Gasteiger partial charge in [-0.2, -0.15) is 5.10 Å². The van der Waals surface area contributed by atoms with Gasteiger partial charge in [-0.1, -0.05) is 68.2 Å². The van der Waals surface area contributed by atoms with Gasteiger partial charge in [0.2, 0.25) is 0 Å². The van der Waals surface area contributed by atoms with Gasteiger partial charge in [-0.15, -0.1) is 0 Å². The van der Waals surface area contributed by atoms with Crippen LogP contribution in [0.15, 0.2) is 66.7 Å². The number of fused-ring (bicyclic) bond motifs is 1. The summed E-state index contributed by atoms with van der Waals surface area (Å²) in [4.78, 5) is 12.6. The number of nitrogens with one attached hydrogen (secondary N) is 2. The summed E-state index contributed by atoms with van der Waals surface area (Å²) >= 11 is 0. The first-order chi connectivity index (χ1) is 16.7. The third kappa shape index (κ3) is 5.93. The molecule has 0 aliphatic rings. The van der Waals surface area contributed by atoms with Crippen molar-refractivity contribution in [3.63, 3.8) is 0 Å². The predicted octanol–water partition coefficient (Wildman–Crippen LogP) is 6.94. The number of nitrogens with zero attached hydrogens (tertiary/aromatic N) is 2. The summed E-state index contributed by atoms with van der Waals surface area (Å²) in [6.45, 7) is 7.11. The molecule has 2 amide bonds. The fourth-order valence-electron chi connectivity index (χ4n) is 3.61. The number of hydrogen-bond acceptors (Lipinski definition) is 3. The molecule has 3 aromatic carbocycles. The molecule has 0 radical (unpaired) electrons. The summed E-state index contributed by atoms with van der Waals surface area (Å²) in [7, 11) is -1.32. The summed E-state index contributed by atoms with van der Waals surface area (Å²) in [5.41, 5.74) is 1.13. The Morgan fingerprint density at radius 1 is 0.971 bits per heavy atom. The second kappa shape index (κ2) is 10.4. The average molecular weight is 495 g/mol. The van der Waals surface area contributed by atoms with Crippen molar-refractivity contribution in [2.75, 3.05) is 17.2 Å². The van der Waals surface area contributed by atoms with Crippen LogP contribution in [0.5, 0.6) is 0 Å². The molecular formula is C26H28F2N4O2Si. The Bertz CT molecular complexity index is 1320. The molecule has 182 valence electrons. The van der Waals surface area contributed by atoms with Crippen LogP contribution in [0, 0.1) is 11.6 Å². The molecule has 2 N–H and O–H groups in total. The molecule has 0 saturated heterocycles. The summed E-state index contributed by atoms with van der Waals surface area (Å²) in [5.74, 6) is -1.91. The fourth-order valence-corrected chi connectivity index (χ4v) is 4.36. The smallest absolute Gasteiger partial charge is 0.324 e. The lowest BCUT2D eigenvalue weighted by Gasteiger charge is -2.15. The van der Waals surface area contributed by atoms with Crippen molar-refractivity contribution in [1.82, 2.24) is 9.78 Å². The number of rotatable bonds is 8. The van der Waals surface area contributed by atoms with Gasteiger partial charge in [0.05, 0.1) is 0 Å². The van der Waals surface area contributed by atoms with E-state index in [4.69, 9.17) is 4.74 Å². The van der Waals surface area contributed by atoms with Gasteiger partial charge in [0, 0.05) is 31.3 Å². The zero-order valence-corrected chi connectivity index (χ0v) is 20.9. The fraction of sp³-hybridized carbons (Fsp3) is 0.231. The molecule has 0 saturated carbocycles. The van der Waals surface area contributed by atoms with E-state index in [9.17, 15) is 4.79 Å². The molecule has 0 bridgehead atoms. The van der Waals surface area contributed by atoms with E-state index in [1.54, 1.807) is 54.6 Å². The number of amides is 2. The Labute approximate surface area is 203 Å². The van der Waals surface area contributed by atoms with Crippen molar-refractivity contribution in [3.05, 3.63) is 78.4 Å². The second-order valence-electron chi connectivity index (χ2n) is 9.46. The lowest BCUT2D eigenvalue weighted by Crippen LogP contribution is -2.22. The lowest BCUT2D eigenvalue weighted by atomic mass is 10.0. The highest BCUT2D eigenvalue weighted by molar-refractivity contribution is 6.76. The van der Waals surface area contributed by atoms with Gasteiger partial charge in [0.25, 0.3) is 0 Å². The summed E-state index contributed by atoms with van der Waals surface area (Å²) < 4.78 is 37.5. The van der Waals surface area contributed by atoms with E-state index in [1.807, 2.05) is 6.07 Å². The zero-order valence-electron chi connectivity index (χ0n) is 19.9. The molecule has 4 aromatic rings. The third-order valence-corrected chi connectivity index (χ3v) is 7.18. The molecule has 9 heteroatoms. The van der Waals surface area contributed by atoms with Crippen molar-refractivity contribution >= 4 is 36.5 Å². The summed E-state index contributed by atoms with van der Waals surface area (Å²) in [6.07, 6.45) is 0. The normalized spacial score (nSPS) is 11.6. The minimum atomic E-state index is -1.32. The number of urea groups is 1. The maximum absolute atomic E-state index is 15.4. The highest BCUT2D eigenvalue weighted by Gasteiger charge is 2.23. The highest BCUT2D eigenvalue weighted by atomic mass is 28.3. The Kier molecular flexibility index (Phi) is 7.27. The number of benzene rings is 3. The topological polar surface area (TPSA) is 68.2 Å². The maximum atomic E-state index is 15.4. The molecule has 1 aromatic heterocycles. The third-order valence-electron chi connectivity index (χ3n) is 5.47. The van der Waals surface area contributed by atoms with Crippen LogP contribution in [-0.4, -0.2) is 30.5 Å². The second-order valence-corrected chi connectivity index (χ2v) is 15.1. The molecule has 0 spiro atoms. The first-order valence-corrected chi connectivity index (χ1v) is 15.1. The molecule has 0 unspecified atom stereocenters. The summed E-state index contributed by atoms with van der Waals surface area (Å²) in [5, 5.41) is 10.0.